The zero-order valence-electron chi connectivity index (χ0n) is 7.22. The van der Waals surface area contributed by atoms with Crippen LogP contribution in [0.25, 0.3) is 0 Å². The van der Waals surface area contributed by atoms with Gasteiger partial charge in [0.15, 0.2) is 0 Å². The van der Waals surface area contributed by atoms with E-state index in [1.54, 1.807) is 7.05 Å². The summed E-state index contributed by atoms with van der Waals surface area (Å²) in [5.41, 5.74) is -2.70. The lowest BCUT2D eigenvalue weighted by Crippen LogP contribution is -2.49. The van der Waals surface area contributed by atoms with Crippen molar-refractivity contribution in [2.75, 3.05) is 7.05 Å². The summed E-state index contributed by atoms with van der Waals surface area (Å²) in [4.78, 5) is 2.12. The fourth-order valence-electron chi connectivity index (χ4n) is 1.08. The molecule has 0 aliphatic carbocycles. The number of rotatable bonds is 2. The fourth-order valence-corrected chi connectivity index (χ4v) is 1.20. The quantitative estimate of drug-likeness (QED) is 0.514. The molecule has 0 aromatic carbocycles. The summed E-state index contributed by atoms with van der Waals surface area (Å²) in [5, 5.41) is 0. The molecule has 0 amide bonds. The van der Waals surface area contributed by atoms with Crippen LogP contribution in [-0.2, 0) is 0 Å². The van der Waals surface area contributed by atoms with E-state index in [1.165, 1.54) is 18.0 Å². The van der Waals surface area contributed by atoms with Gasteiger partial charge in [-0.3, -0.25) is 4.90 Å². The molecule has 2 nitrogen and oxygen atoms in total. The predicted molar refractivity (Wildman–Crippen MR) is 43.9 cm³/mol. The third-order valence-electron chi connectivity index (χ3n) is 2.06. The molecule has 0 fully saturated rings. The van der Waals surface area contributed by atoms with E-state index in [-0.39, 0.29) is 0 Å². The number of hydrogen-bond donors (Lipinski definition) is 0. The van der Waals surface area contributed by atoms with Crippen LogP contribution in [0.2, 0.25) is 0 Å². The average molecular weight is 215 g/mol. The maximum Gasteiger partial charge on any atom is 0.371 e. The Morgan fingerprint density at radius 3 is 2.31 bits per heavy atom. The maximum atomic E-state index is 13.0. The lowest BCUT2D eigenvalue weighted by atomic mass is 10.4. The monoisotopic (exact) mass is 214 g/mol. The van der Waals surface area contributed by atoms with E-state index in [0.717, 1.165) is 6.20 Å². The van der Waals surface area contributed by atoms with Crippen molar-refractivity contribution in [2.24, 2.45) is 0 Å². The minimum absolute atomic E-state index is 0.588. The maximum absolute atomic E-state index is 13.0. The molecular formula is C7H10ClF3N2. The summed E-state index contributed by atoms with van der Waals surface area (Å²) >= 11 is 4.75. The second-order valence-corrected chi connectivity index (χ2v) is 3.27. The van der Waals surface area contributed by atoms with Gasteiger partial charge in [0.25, 0.3) is 5.63 Å². The largest absolute Gasteiger partial charge is 0.371 e. The van der Waals surface area contributed by atoms with Crippen LogP contribution in [0.4, 0.5) is 13.2 Å². The molecule has 1 aliphatic heterocycles. The number of nitrogens with zero attached hydrogens (tertiary/aromatic N) is 2. The van der Waals surface area contributed by atoms with E-state index < -0.39 is 17.8 Å². The lowest BCUT2D eigenvalue weighted by Gasteiger charge is -2.33. The molecule has 1 rings (SSSR count). The first-order valence-electron chi connectivity index (χ1n) is 3.72. The van der Waals surface area contributed by atoms with Crippen molar-refractivity contribution in [2.45, 2.75) is 24.8 Å². The van der Waals surface area contributed by atoms with Crippen molar-refractivity contribution in [3.8, 4) is 0 Å². The molecule has 76 valence electrons. The highest BCUT2D eigenvalue weighted by atomic mass is 35.5. The van der Waals surface area contributed by atoms with Gasteiger partial charge in [-0.2, -0.15) is 8.78 Å². The summed E-state index contributed by atoms with van der Waals surface area (Å²) in [6.45, 7) is 1.53. The summed E-state index contributed by atoms with van der Waals surface area (Å²) in [6.07, 6.45) is 1.98. The van der Waals surface area contributed by atoms with Crippen molar-refractivity contribution in [3.63, 3.8) is 0 Å². The minimum Gasteiger partial charge on any atom is -0.359 e. The van der Waals surface area contributed by atoms with Gasteiger partial charge < -0.3 is 4.90 Å². The summed E-state index contributed by atoms with van der Waals surface area (Å²) in [7, 11) is 1.62. The molecule has 6 heteroatoms. The van der Waals surface area contributed by atoms with Gasteiger partial charge >= 0.3 is 6.05 Å². The zero-order valence-corrected chi connectivity index (χ0v) is 7.97. The van der Waals surface area contributed by atoms with Crippen molar-refractivity contribution in [1.82, 2.24) is 9.80 Å². The molecule has 0 saturated heterocycles. The van der Waals surface area contributed by atoms with Gasteiger partial charge in [-0.05, 0) is 6.92 Å². The number of halogens is 4. The van der Waals surface area contributed by atoms with Crippen LogP contribution in [0, 0.1) is 0 Å². The van der Waals surface area contributed by atoms with Gasteiger partial charge in [-0.25, -0.2) is 4.39 Å². The normalized spacial score (nSPS) is 25.5. The van der Waals surface area contributed by atoms with Crippen molar-refractivity contribution < 1.29 is 13.2 Å². The van der Waals surface area contributed by atoms with Gasteiger partial charge in [0.1, 0.15) is 6.17 Å². The van der Waals surface area contributed by atoms with E-state index in [4.69, 9.17) is 11.6 Å². The first kappa shape index (κ1) is 10.5. The molecule has 0 N–H and O–H groups in total. The van der Waals surface area contributed by atoms with Gasteiger partial charge in [0.2, 0.25) is 0 Å². The third-order valence-corrected chi connectivity index (χ3v) is 2.32. The fraction of sp³-hybridized carbons (Fsp3) is 0.714. The van der Waals surface area contributed by atoms with Crippen LogP contribution in [-0.4, -0.2) is 34.7 Å². The molecule has 2 atom stereocenters. The second kappa shape index (κ2) is 3.29. The van der Waals surface area contributed by atoms with Crippen LogP contribution in [0.15, 0.2) is 12.4 Å². The topological polar surface area (TPSA) is 6.48 Å². The van der Waals surface area contributed by atoms with Crippen molar-refractivity contribution in [3.05, 3.63) is 12.4 Å². The van der Waals surface area contributed by atoms with Crippen molar-refractivity contribution in [1.29, 1.82) is 0 Å². The smallest absolute Gasteiger partial charge is 0.359 e. The Hall–Kier alpha value is -0.580. The summed E-state index contributed by atoms with van der Waals surface area (Å²) in [5.74, 6) is 0. The Morgan fingerprint density at radius 1 is 1.46 bits per heavy atom. The molecule has 1 aliphatic rings. The Morgan fingerprint density at radius 2 is 2.00 bits per heavy atom. The molecule has 0 saturated carbocycles. The van der Waals surface area contributed by atoms with Crippen LogP contribution in [0.3, 0.4) is 0 Å². The molecular weight excluding hydrogens is 205 g/mol. The van der Waals surface area contributed by atoms with Gasteiger partial charge in [-0.1, -0.05) is 11.6 Å². The SMILES string of the molecule is CC1N(C)C=CN1C(F)(F)C(F)Cl. The number of alkyl halides is 4. The average Bonchev–Trinajstić information content (AvgIpc) is 2.33. The Bertz CT molecular complexity index is 220. The minimum atomic E-state index is -3.66. The first-order chi connectivity index (χ1) is 5.87. The Kier molecular flexibility index (Phi) is 2.66. The van der Waals surface area contributed by atoms with E-state index in [2.05, 4.69) is 0 Å². The van der Waals surface area contributed by atoms with Crippen LogP contribution >= 0.6 is 11.6 Å². The number of hydrogen-bond acceptors (Lipinski definition) is 2. The third kappa shape index (κ3) is 1.70. The molecule has 0 spiro atoms. The molecule has 13 heavy (non-hydrogen) atoms. The van der Waals surface area contributed by atoms with Crippen LogP contribution in [0.1, 0.15) is 6.92 Å². The van der Waals surface area contributed by atoms with Crippen LogP contribution < -0.4 is 0 Å². The molecule has 2 unspecified atom stereocenters. The van der Waals surface area contributed by atoms with E-state index in [0.29, 0.717) is 4.90 Å². The molecule has 0 radical (unpaired) electrons. The second-order valence-electron chi connectivity index (χ2n) is 2.89. The van der Waals surface area contributed by atoms with Gasteiger partial charge in [0, 0.05) is 19.4 Å². The summed E-state index contributed by atoms with van der Waals surface area (Å²) < 4.78 is 38.4. The van der Waals surface area contributed by atoms with E-state index in [9.17, 15) is 13.2 Å². The molecule has 0 aromatic heterocycles. The predicted octanol–water partition coefficient (Wildman–Crippen LogP) is 2.18. The molecule has 0 bridgehead atoms. The van der Waals surface area contributed by atoms with E-state index in [1.807, 2.05) is 0 Å². The summed E-state index contributed by atoms with van der Waals surface area (Å²) in [6, 6.07) is -3.66. The highest BCUT2D eigenvalue weighted by molar-refractivity contribution is 6.20. The standard InChI is InChI=1S/C7H10ClF3N2/c1-5-12(2)3-4-13(5)7(10,11)6(8)9/h3-6H,1-2H3. The lowest BCUT2D eigenvalue weighted by molar-refractivity contribution is -0.169. The highest BCUT2D eigenvalue weighted by Crippen LogP contribution is 2.33. The van der Waals surface area contributed by atoms with Gasteiger partial charge in [0.05, 0.1) is 0 Å². The van der Waals surface area contributed by atoms with Crippen LogP contribution in [0.5, 0.6) is 0 Å². The molecule has 1 heterocycles. The first-order valence-corrected chi connectivity index (χ1v) is 4.15. The Labute approximate surface area is 79.6 Å². The van der Waals surface area contributed by atoms with Crippen molar-refractivity contribution >= 4 is 11.6 Å². The zero-order chi connectivity index (χ0) is 10.2. The molecule has 0 aromatic rings. The Balaban J connectivity index is 2.79. The van der Waals surface area contributed by atoms with Gasteiger partial charge in [-0.15, -0.1) is 0 Å². The highest BCUT2D eigenvalue weighted by Gasteiger charge is 2.48. The van der Waals surface area contributed by atoms with E-state index >= 15 is 0 Å².